The van der Waals surface area contributed by atoms with Crippen LogP contribution in [0.2, 0.25) is 0 Å². The van der Waals surface area contributed by atoms with Gasteiger partial charge in [-0.2, -0.15) is 0 Å². The van der Waals surface area contributed by atoms with Crippen LogP contribution in [0.3, 0.4) is 0 Å². The highest BCUT2D eigenvalue weighted by atomic mass is 19.3. The van der Waals surface area contributed by atoms with Crippen molar-refractivity contribution in [2.45, 2.75) is 85.5 Å². The molecule has 1 heterocycles. The van der Waals surface area contributed by atoms with E-state index in [0.717, 1.165) is 0 Å². The number of amides is 5. The van der Waals surface area contributed by atoms with E-state index in [4.69, 9.17) is 5.73 Å². The zero-order valence-electron chi connectivity index (χ0n) is 22.3. The third-order valence-corrected chi connectivity index (χ3v) is 7.44. The molecule has 2 fully saturated rings. The van der Waals surface area contributed by atoms with Crippen molar-refractivity contribution in [2.75, 3.05) is 6.54 Å². The van der Waals surface area contributed by atoms with E-state index in [9.17, 15) is 37.9 Å². The van der Waals surface area contributed by atoms with E-state index in [-0.39, 0.29) is 23.8 Å². The van der Waals surface area contributed by atoms with Gasteiger partial charge in [0.1, 0.15) is 24.2 Å². The van der Waals surface area contributed by atoms with Gasteiger partial charge in [0.05, 0.1) is 0 Å². The highest BCUT2D eigenvalue weighted by molar-refractivity contribution is 5.95. The minimum absolute atomic E-state index is 0.0406. The largest absolute Gasteiger partial charge is 0.480 e. The third kappa shape index (κ3) is 6.67. The van der Waals surface area contributed by atoms with Gasteiger partial charge in [0, 0.05) is 13.0 Å². The van der Waals surface area contributed by atoms with Crippen molar-refractivity contribution in [3.8, 4) is 0 Å². The summed E-state index contributed by atoms with van der Waals surface area (Å²) < 4.78 is 25.9. The first-order valence-corrected chi connectivity index (χ1v) is 12.3. The Hall–Kier alpha value is -2.99. The van der Waals surface area contributed by atoms with Gasteiger partial charge in [0.15, 0.2) is 0 Å². The lowest BCUT2D eigenvalue weighted by atomic mass is 9.85. The molecule has 210 valence electrons. The Kier molecular flexibility index (Phi) is 8.81. The number of carboxylic acids is 1. The number of nitrogens with zero attached hydrogens (tertiary/aromatic N) is 1. The molecule has 37 heavy (non-hydrogen) atoms. The van der Waals surface area contributed by atoms with Gasteiger partial charge in [0.25, 0.3) is 0 Å². The molecule has 0 aromatic heterocycles. The standard InChI is InChI=1S/C24H39F2N5O6/c1-10(2)15(21(35)36)29-22(37)30-17(23(3,4)5)20(34)31-9-11-14(24(11,6)7)16(31)19(33)28-12(18(27)32)8-13(25)26/h10-17H,8-9H2,1-7H3,(H2,27,32)(H,28,33)(H,35,36)(H2,29,30,37)/t11-,12-,14-,15-,16-,17+/m0/s1. The van der Waals surface area contributed by atoms with E-state index >= 15 is 0 Å². The quantitative estimate of drug-likeness (QED) is 0.281. The zero-order chi connectivity index (χ0) is 28.6. The Bertz CT molecular complexity index is 935. The number of urea groups is 1. The number of piperidine rings is 1. The predicted octanol–water partition coefficient (Wildman–Crippen LogP) is 0.918. The molecule has 1 saturated heterocycles. The summed E-state index contributed by atoms with van der Waals surface area (Å²) in [5.74, 6) is -4.41. The number of nitrogens with two attached hydrogens (primary N) is 1. The Morgan fingerprint density at radius 3 is 2.08 bits per heavy atom. The van der Waals surface area contributed by atoms with Crippen molar-refractivity contribution in [1.82, 2.24) is 20.9 Å². The molecule has 1 saturated carbocycles. The average Bonchev–Trinajstić information content (AvgIpc) is 3.07. The smallest absolute Gasteiger partial charge is 0.326 e. The lowest BCUT2D eigenvalue weighted by Crippen LogP contribution is -2.62. The monoisotopic (exact) mass is 531 g/mol. The van der Waals surface area contributed by atoms with Crippen molar-refractivity contribution in [1.29, 1.82) is 0 Å². The molecule has 0 unspecified atom stereocenters. The zero-order valence-corrected chi connectivity index (χ0v) is 22.3. The summed E-state index contributed by atoms with van der Waals surface area (Å²) in [6, 6.07) is -5.83. The maximum absolute atomic E-state index is 13.7. The number of halogens is 2. The van der Waals surface area contributed by atoms with Crippen LogP contribution in [0.1, 0.15) is 54.9 Å². The predicted molar refractivity (Wildman–Crippen MR) is 129 cm³/mol. The number of carboxylic acid groups (broad SMARTS) is 1. The van der Waals surface area contributed by atoms with E-state index in [1.807, 2.05) is 13.8 Å². The van der Waals surface area contributed by atoms with Crippen LogP contribution in [-0.4, -0.2) is 76.9 Å². The molecule has 0 radical (unpaired) electrons. The molecule has 0 aromatic carbocycles. The number of alkyl halides is 2. The SMILES string of the molecule is CC(C)[C@H](NC(=O)N[C@H](C(=O)N1C[C@H]2[C@@H]([C@H]1C(=O)N[C@@H](CC(F)F)C(N)=O)C2(C)C)C(C)(C)C)C(=O)O. The fourth-order valence-corrected chi connectivity index (χ4v) is 5.14. The number of hydrogen-bond donors (Lipinski definition) is 5. The number of carbonyl (C=O) groups excluding carboxylic acids is 4. The highest BCUT2D eigenvalue weighted by Gasteiger charge is 2.69. The molecule has 13 heteroatoms. The molecule has 5 amide bonds. The van der Waals surface area contributed by atoms with Crippen LogP contribution in [0.4, 0.5) is 13.6 Å². The number of rotatable bonds is 10. The van der Waals surface area contributed by atoms with E-state index in [1.54, 1.807) is 34.6 Å². The number of carbonyl (C=O) groups is 5. The maximum atomic E-state index is 13.7. The van der Waals surface area contributed by atoms with Crippen molar-refractivity contribution >= 4 is 29.7 Å². The topological polar surface area (TPSA) is 171 Å². The van der Waals surface area contributed by atoms with E-state index < -0.39 is 78.1 Å². The van der Waals surface area contributed by atoms with Crippen molar-refractivity contribution in [3.05, 3.63) is 0 Å². The molecule has 6 N–H and O–H groups in total. The molecule has 1 aliphatic carbocycles. The average molecular weight is 532 g/mol. The molecule has 0 spiro atoms. The van der Waals surface area contributed by atoms with E-state index in [1.165, 1.54) is 4.90 Å². The van der Waals surface area contributed by atoms with Crippen LogP contribution >= 0.6 is 0 Å². The van der Waals surface area contributed by atoms with Crippen LogP contribution in [0.25, 0.3) is 0 Å². The Morgan fingerprint density at radius 2 is 1.65 bits per heavy atom. The van der Waals surface area contributed by atoms with Crippen molar-refractivity contribution in [3.63, 3.8) is 0 Å². The van der Waals surface area contributed by atoms with Gasteiger partial charge in [-0.15, -0.1) is 0 Å². The number of hydrogen-bond acceptors (Lipinski definition) is 5. The minimum Gasteiger partial charge on any atom is -0.480 e. The second kappa shape index (κ2) is 10.8. The van der Waals surface area contributed by atoms with Crippen LogP contribution in [0.5, 0.6) is 0 Å². The first-order valence-electron chi connectivity index (χ1n) is 12.3. The highest BCUT2D eigenvalue weighted by Crippen LogP contribution is 2.65. The molecule has 11 nitrogen and oxygen atoms in total. The normalized spacial score (nSPS) is 24.6. The molecule has 0 bridgehead atoms. The maximum Gasteiger partial charge on any atom is 0.326 e. The number of primary amides is 1. The Morgan fingerprint density at radius 1 is 1.08 bits per heavy atom. The first kappa shape index (κ1) is 30.2. The lowest BCUT2D eigenvalue weighted by Gasteiger charge is -2.38. The van der Waals surface area contributed by atoms with Gasteiger partial charge in [0.2, 0.25) is 24.1 Å². The second-order valence-corrected chi connectivity index (χ2v) is 12.0. The van der Waals surface area contributed by atoms with Gasteiger partial charge >= 0.3 is 12.0 Å². The second-order valence-electron chi connectivity index (χ2n) is 12.0. The van der Waals surface area contributed by atoms with Crippen LogP contribution in [-0.2, 0) is 19.2 Å². The van der Waals surface area contributed by atoms with Gasteiger partial charge in [-0.3, -0.25) is 14.4 Å². The summed E-state index contributed by atoms with van der Waals surface area (Å²) in [4.78, 5) is 64.1. The summed E-state index contributed by atoms with van der Waals surface area (Å²) in [6.07, 6.45) is -3.83. The van der Waals surface area contributed by atoms with Crippen molar-refractivity contribution in [2.24, 2.45) is 34.3 Å². The molecular weight excluding hydrogens is 492 g/mol. The van der Waals surface area contributed by atoms with Crippen LogP contribution in [0, 0.1) is 28.6 Å². The molecule has 2 rings (SSSR count). The fourth-order valence-electron chi connectivity index (χ4n) is 5.14. The fraction of sp³-hybridized carbons (Fsp3) is 0.792. The van der Waals surface area contributed by atoms with E-state index in [0.29, 0.717) is 0 Å². The molecule has 0 aromatic rings. The Balaban J connectivity index is 2.29. The van der Waals surface area contributed by atoms with Gasteiger partial charge < -0.3 is 31.7 Å². The molecule has 6 atom stereocenters. The van der Waals surface area contributed by atoms with Gasteiger partial charge in [-0.05, 0) is 28.6 Å². The van der Waals surface area contributed by atoms with E-state index in [2.05, 4.69) is 16.0 Å². The van der Waals surface area contributed by atoms with Gasteiger partial charge in [-0.25, -0.2) is 18.4 Å². The number of fused-ring (bicyclic) bond motifs is 1. The summed E-state index contributed by atoms with van der Waals surface area (Å²) >= 11 is 0. The molecule has 2 aliphatic rings. The minimum atomic E-state index is -2.88. The summed E-state index contributed by atoms with van der Waals surface area (Å²) in [5.41, 5.74) is 4.08. The molecular formula is C24H39F2N5O6. The first-order chi connectivity index (χ1) is 16.8. The Labute approximate surface area is 215 Å². The van der Waals surface area contributed by atoms with Crippen molar-refractivity contribution < 1.29 is 37.9 Å². The number of likely N-dealkylation sites (tertiary alicyclic amines) is 1. The summed E-state index contributed by atoms with van der Waals surface area (Å²) in [5, 5.41) is 16.6. The van der Waals surface area contributed by atoms with Crippen LogP contribution < -0.4 is 21.7 Å². The number of nitrogens with one attached hydrogen (secondary N) is 3. The number of aliphatic carboxylic acids is 1. The lowest BCUT2D eigenvalue weighted by molar-refractivity contribution is -0.144. The summed E-state index contributed by atoms with van der Waals surface area (Å²) in [7, 11) is 0. The molecule has 1 aliphatic heterocycles. The summed E-state index contributed by atoms with van der Waals surface area (Å²) in [6.45, 7) is 12.4. The third-order valence-electron chi connectivity index (χ3n) is 7.44. The van der Waals surface area contributed by atoms with Crippen LogP contribution in [0.15, 0.2) is 0 Å². The van der Waals surface area contributed by atoms with Gasteiger partial charge in [-0.1, -0.05) is 48.5 Å².